The number of nitro groups is 1. The molecule has 2 rings (SSSR count). The SMILES string of the molecule is O=[N+]([O-])c1cc(Cl)cnc1CC(Cl)C1CC1. The molecule has 6 heteroatoms. The van der Waals surface area contributed by atoms with Gasteiger partial charge in [-0.2, -0.15) is 0 Å². The van der Waals surface area contributed by atoms with Crippen LogP contribution in [0.15, 0.2) is 12.3 Å². The number of pyridine rings is 1. The van der Waals surface area contributed by atoms with Gasteiger partial charge in [-0.25, -0.2) is 0 Å². The molecule has 0 aromatic carbocycles. The van der Waals surface area contributed by atoms with Gasteiger partial charge in [0.2, 0.25) is 0 Å². The Labute approximate surface area is 103 Å². The molecular weight excluding hydrogens is 251 g/mol. The van der Waals surface area contributed by atoms with Crippen molar-refractivity contribution in [3.8, 4) is 0 Å². The quantitative estimate of drug-likeness (QED) is 0.475. The first-order valence-corrected chi connectivity index (χ1v) is 5.82. The van der Waals surface area contributed by atoms with Gasteiger partial charge >= 0.3 is 0 Å². The minimum atomic E-state index is -0.468. The first kappa shape index (κ1) is 11.6. The highest BCUT2D eigenvalue weighted by Gasteiger charge is 2.31. The van der Waals surface area contributed by atoms with Crippen LogP contribution in [0.1, 0.15) is 18.5 Å². The van der Waals surface area contributed by atoms with E-state index in [1.165, 1.54) is 12.3 Å². The molecule has 1 aromatic heterocycles. The van der Waals surface area contributed by atoms with E-state index in [1.54, 1.807) is 0 Å². The Balaban J connectivity index is 2.21. The fourth-order valence-corrected chi connectivity index (χ4v) is 2.13. The Morgan fingerprint density at radius 2 is 2.31 bits per heavy atom. The van der Waals surface area contributed by atoms with Gasteiger partial charge in [-0.05, 0) is 18.8 Å². The lowest BCUT2D eigenvalue weighted by atomic mass is 10.1. The van der Waals surface area contributed by atoms with Crippen LogP contribution >= 0.6 is 23.2 Å². The third kappa shape index (κ3) is 2.62. The van der Waals surface area contributed by atoms with Gasteiger partial charge in [0.15, 0.2) is 0 Å². The molecule has 1 aliphatic rings. The van der Waals surface area contributed by atoms with Crippen molar-refractivity contribution in [2.75, 3.05) is 0 Å². The maximum atomic E-state index is 10.8. The van der Waals surface area contributed by atoms with E-state index in [-0.39, 0.29) is 16.1 Å². The topological polar surface area (TPSA) is 56.0 Å². The van der Waals surface area contributed by atoms with E-state index in [0.717, 1.165) is 12.8 Å². The number of aromatic nitrogens is 1. The fraction of sp³-hybridized carbons (Fsp3) is 0.500. The van der Waals surface area contributed by atoms with Crippen molar-refractivity contribution in [1.29, 1.82) is 0 Å². The second-order valence-electron chi connectivity index (χ2n) is 3.93. The van der Waals surface area contributed by atoms with Crippen LogP contribution in [0.25, 0.3) is 0 Å². The lowest BCUT2D eigenvalue weighted by Gasteiger charge is -2.07. The Hall–Kier alpha value is -0.870. The van der Waals surface area contributed by atoms with Crippen LogP contribution in [0.3, 0.4) is 0 Å². The van der Waals surface area contributed by atoms with Crippen molar-refractivity contribution >= 4 is 28.9 Å². The average Bonchev–Trinajstić information content (AvgIpc) is 3.03. The van der Waals surface area contributed by atoms with E-state index >= 15 is 0 Å². The van der Waals surface area contributed by atoms with Crippen molar-refractivity contribution in [2.45, 2.75) is 24.6 Å². The molecule has 4 nitrogen and oxygen atoms in total. The number of nitrogens with zero attached hydrogens (tertiary/aromatic N) is 2. The number of rotatable bonds is 4. The van der Waals surface area contributed by atoms with Crippen LogP contribution in [0, 0.1) is 16.0 Å². The Bertz CT molecular complexity index is 421. The predicted molar refractivity (Wildman–Crippen MR) is 62.0 cm³/mol. The molecule has 1 heterocycles. The molecule has 1 aliphatic carbocycles. The molecule has 16 heavy (non-hydrogen) atoms. The highest BCUT2D eigenvalue weighted by Crippen LogP contribution is 2.38. The van der Waals surface area contributed by atoms with Crippen molar-refractivity contribution in [3.63, 3.8) is 0 Å². The Morgan fingerprint density at radius 3 is 2.88 bits per heavy atom. The maximum absolute atomic E-state index is 10.8. The van der Waals surface area contributed by atoms with Gasteiger partial charge in [0.25, 0.3) is 5.69 Å². The largest absolute Gasteiger partial charge is 0.292 e. The Kier molecular flexibility index (Phi) is 3.30. The van der Waals surface area contributed by atoms with Gasteiger partial charge in [-0.15, -0.1) is 11.6 Å². The molecule has 0 radical (unpaired) electrons. The van der Waals surface area contributed by atoms with Crippen LogP contribution in [0.2, 0.25) is 5.02 Å². The molecule has 0 N–H and O–H groups in total. The summed E-state index contributed by atoms with van der Waals surface area (Å²) >= 11 is 11.8. The van der Waals surface area contributed by atoms with Crippen molar-refractivity contribution in [1.82, 2.24) is 4.98 Å². The zero-order valence-corrected chi connectivity index (χ0v) is 9.91. The summed E-state index contributed by atoms with van der Waals surface area (Å²) in [5.74, 6) is 0.485. The first-order valence-electron chi connectivity index (χ1n) is 5.01. The summed E-state index contributed by atoms with van der Waals surface area (Å²) in [5.41, 5.74) is 0.375. The van der Waals surface area contributed by atoms with Gasteiger partial charge in [0, 0.05) is 24.1 Å². The molecule has 1 fully saturated rings. The van der Waals surface area contributed by atoms with E-state index in [4.69, 9.17) is 23.2 Å². The van der Waals surface area contributed by atoms with E-state index in [0.29, 0.717) is 18.0 Å². The summed E-state index contributed by atoms with van der Waals surface area (Å²) in [6.07, 6.45) is 4.06. The minimum Gasteiger partial charge on any atom is -0.258 e. The highest BCUT2D eigenvalue weighted by atomic mass is 35.5. The normalized spacial score (nSPS) is 17.1. The predicted octanol–water partition coefficient (Wildman–Crippen LogP) is 3.20. The standard InChI is InChI=1S/C10H10Cl2N2O2/c11-7-3-10(14(15)16)9(13-5-7)4-8(12)6-1-2-6/h3,5-6,8H,1-2,4H2. The second-order valence-corrected chi connectivity index (χ2v) is 4.93. The average molecular weight is 261 g/mol. The maximum Gasteiger partial charge on any atom is 0.292 e. The molecule has 0 spiro atoms. The van der Waals surface area contributed by atoms with Gasteiger partial charge < -0.3 is 0 Å². The lowest BCUT2D eigenvalue weighted by Crippen LogP contribution is -2.09. The molecule has 1 aromatic rings. The number of alkyl halides is 1. The summed E-state index contributed by atoms with van der Waals surface area (Å²) in [7, 11) is 0. The summed E-state index contributed by atoms with van der Waals surface area (Å²) in [6.45, 7) is 0. The third-order valence-corrected chi connectivity index (χ3v) is 3.35. The first-order chi connectivity index (χ1) is 7.58. The van der Waals surface area contributed by atoms with Crippen LogP contribution in [-0.4, -0.2) is 15.3 Å². The summed E-state index contributed by atoms with van der Waals surface area (Å²) in [5, 5.41) is 11.0. The van der Waals surface area contributed by atoms with Crippen LogP contribution in [0.5, 0.6) is 0 Å². The number of hydrogen-bond donors (Lipinski definition) is 0. The molecule has 0 amide bonds. The molecule has 0 saturated heterocycles. The molecule has 1 unspecified atom stereocenters. The highest BCUT2D eigenvalue weighted by molar-refractivity contribution is 6.30. The molecular formula is C10H10Cl2N2O2. The van der Waals surface area contributed by atoms with Crippen LogP contribution < -0.4 is 0 Å². The molecule has 0 bridgehead atoms. The van der Waals surface area contributed by atoms with Gasteiger partial charge in [-0.3, -0.25) is 15.1 Å². The summed E-state index contributed by atoms with van der Waals surface area (Å²) < 4.78 is 0. The third-order valence-electron chi connectivity index (χ3n) is 2.63. The van der Waals surface area contributed by atoms with Gasteiger partial charge in [0.05, 0.1) is 9.95 Å². The summed E-state index contributed by atoms with van der Waals surface area (Å²) in [6, 6.07) is 1.32. The molecule has 1 saturated carbocycles. The molecule has 1 atom stereocenters. The van der Waals surface area contributed by atoms with Gasteiger partial charge in [-0.1, -0.05) is 11.6 Å². The monoisotopic (exact) mass is 260 g/mol. The van der Waals surface area contributed by atoms with E-state index in [2.05, 4.69) is 4.98 Å². The minimum absolute atomic E-state index is 0.0428. The number of hydrogen-bond acceptors (Lipinski definition) is 3. The van der Waals surface area contributed by atoms with Gasteiger partial charge in [0.1, 0.15) is 5.69 Å². The molecule has 86 valence electrons. The van der Waals surface area contributed by atoms with Crippen LogP contribution in [-0.2, 0) is 6.42 Å². The van der Waals surface area contributed by atoms with Crippen LogP contribution in [0.4, 0.5) is 5.69 Å². The van der Waals surface area contributed by atoms with Crippen molar-refractivity contribution in [3.05, 3.63) is 33.1 Å². The zero-order valence-electron chi connectivity index (χ0n) is 8.40. The van der Waals surface area contributed by atoms with E-state index < -0.39 is 4.92 Å². The fourth-order valence-electron chi connectivity index (χ4n) is 1.58. The van der Waals surface area contributed by atoms with Crippen molar-refractivity contribution in [2.24, 2.45) is 5.92 Å². The van der Waals surface area contributed by atoms with E-state index in [1.807, 2.05) is 0 Å². The van der Waals surface area contributed by atoms with E-state index in [9.17, 15) is 10.1 Å². The lowest BCUT2D eigenvalue weighted by molar-refractivity contribution is -0.385. The zero-order chi connectivity index (χ0) is 11.7. The smallest absolute Gasteiger partial charge is 0.258 e. The second kappa shape index (κ2) is 4.55. The molecule has 0 aliphatic heterocycles. The summed E-state index contributed by atoms with van der Waals surface area (Å²) in [4.78, 5) is 14.3. The Morgan fingerprint density at radius 1 is 1.62 bits per heavy atom. The van der Waals surface area contributed by atoms with Crippen molar-refractivity contribution < 1.29 is 4.92 Å². The number of halogens is 2.